The minimum absolute atomic E-state index is 0.00142. The molecular formula is C15H9Cl2NO3. The predicted molar refractivity (Wildman–Crippen MR) is 81.1 cm³/mol. The fourth-order valence-electron chi connectivity index (χ4n) is 1.86. The van der Waals surface area contributed by atoms with Crippen LogP contribution >= 0.6 is 23.2 Å². The molecule has 0 unspecified atom stereocenters. The van der Waals surface area contributed by atoms with Gasteiger partial charge in [-0.3, -0.25) is 0 Å². The van der Waals surface area contributed by atoms with Crippen molar-refractivity contribution in [1.82, 2.24) is 4.98 Å². The van der Waals surface area contributed by atoms with Gasteiger partial charge in [-0.25, -0.2) is 9.78 Å². The van der Waals surface area contributed by atoms with Crippen LogP contribution in [-0.4, -0.2) is 4.98 Å². The summed E-state index contributed by atoms with van der Waals surface area (Å²) in [6.45, 7) is 0.00142. The predicted octanol–water partition coefficient (Wildman–Crippen LogP) is 4.07. The summed E-state index contributed by atoms with van der Waals surface area (Å²) in [5.74, 6) is 0.628. The van der Waals surface area contributed by atoms with E-state index in [2.05, 4.69) is 4.98 Å². The standard InChI is InChI=1S/C15H9Cl2NO3/c16-9-5-6-13(11(17)7-9)20-8-14-18-12-4-2-1-3-10(12)15(19)21-14/h1-7H,8H2. The van der Waals surface area contributed by atoms with Gasteiger partial charge in [0.1, 0.15) is 5.75 Å². The lowest BCUT2D eigenvalue weighted by molar-refractivity contribution is 0.254. The van der Waals surface area contributed by atoms with Crippen LogP contribution in [0, 0.1) is 0 Å². The average molecular weight is 322 g/mol. The van der Waals surface area contributed by atoms with Crippen LogP contribution in [0.25, 0.3) is 10.9 Å². The van der Waals surface area contributed by atoms with E-state index in [0.29, 0.717) is 26.7 Å². The average Bonchev–Trinajstić information content (AvgIpc) is 2.46. The zero-order valence-electron chi connectivity index (χ0n) is 10.7. The maximum absolute atomic E-state index is 11.8. The lowest BCUT2D eigenvalue weighted by atomic mass is 10.2. The molecule has 106 valence electrons. The monoisotopic (exact) mass is 321 g/mol. The molecule has 0 saturated carbocycles. The molecule has 0 fully saturated rings. The van der Waals surface area contributed by atoms with Crippen molar-refractivity contribution in [2.75, 3.05) is 0 Å². The van der Waals surface area contributed by atoms with Crippen LogP contribution in [0.1, 0.15) is 5.89 Å². The molecule has 0 aliphatic heterocycles. The first-order chi connectivity index (χ1) is 10.1. The number of para-hydroxylation sites is 1. The lowest BCUT2D eigenvalue weighted by Gasteiger charge is -2.07. The van der Waals surface area contributed by atoms with Crippen molar-refractivity contribution >= 4 is 34.1 Å². The number of nitrogens with zero attached hydrogens (tertiary/aromatic N) is 1. The minimum Gasteiger partial charge on any atom is -0.482 e. The van der Waals surface area contributed by atoms with Crippen molar-refractivity contribution in [2.45, 2.75) is 6.61 Å². The smallest absolute Gasteiger partial charge is 0.346 e. The zero-order chi connectivity index (χ0) is 14.8. The number of rotatable bonds is 3. The summed E-state index contributed by atoms with van der Waals surface area (Å²) < 4.78 is 10.6. The number of hydrogen-bond acceptors (Lipinski definition) is 4. The Morgan fingerprint density at radius 3 is 2.76 bits per heavy atom. The van der Waals surface area contributed by atoms with Crippen LogP contribution in [0.4, 0.5) is 0 Å². The van der Waals surface area contributed by atoms with Crippen LogP contribution in [0.5, 0.6) is 5.75 Å². The maximum Gasteiger partial charge on any atom is 0.346 e. The second-order valence-electron chi connectivity index (χ2n) is 4.28. The number of aromatic nitrogens is 1. The highest BCUT2D eigenvalue weighted by Gasteiger charge is 2.08. The normalized spacial score (nSPS) is 10.8. The third kappa shape index (κ3) is 3.01. The molecule has 0 spiro atoms. The summed E-state index contributed by atoms with van der Waals surface area (Å²) in [5, 5.41) is 1.33. The Kier molecular flexibility index (Phi) is 3.82. The first-order valence-corrected chi connectivity index (χ1v) is 6.86. The molecule has 4 nitrogen and oxygen atoms in total. The van der Waals surface area contributed by atoms with Gasteiger partial charge in [0.15, 0.2) is 6.61 Å². The molecule has 0 aliphatic rings. The van der Waals surface area contributed by atoms with Crippen LogP contribution in [0.3, 0.4) is 0 Å². The minimum atomic E-state index is -0.443. The maximum atomic E-state index is 11.8. The molecule has 0 N–H and O–H groups in total. The van der Waals surface area contributed by atoms with E-state index < -0.39 is 5.63 Å². The topological polar surface area (TPSA) is 52.3 Å². The molecule has 21 heavy (non-hydrogen) atoms. The van der Waals surface area contributed by atoms with E-state index in [9.17, 15) is 4.79 Å². The van der Waals surface area contributed by atoms with E-state index in [-0.39, 0.29) is 12.5 Å². The quantitative estimate of drug-likeness (QED) is 0.729. The number of fused-ring (bicyclic) bond motifs is 1. The summed E-state index contributed by atoms with van der Waals surface area (Å²) in [6.07, 6.45) is 0. The van der Waals surface area contributed by atoms with E-state index in [0.717, 1.165) is 0 Å². The Morgan fingerprint density at radius 1 is 1.14 bits per heavy atom. The number of benzene rings is 2. The summed E-state index contributed by atoms with van der Waals surface area (Å²) in [6, 6.07) is 11.8. The first-order valence-electron chi connectivity index (χ1n) is 6.10. The van der Waals surface area contributed by atoms with Gasteiger partial charge in [-0.2, -0.15) is 0 Å². The highest BCUT2D eigenvalue weighted by molar-refractivity contribution is 6.35. The van der Waals surface area contributed by atoms with Crippen molar-refractivity contribution in [2.24, 2.45) is 0 Å². The van der Waals surface area contributed by atoms with Gasteiger partial charge in [-0.1, -0.05) is 35.3 Å². The van der Waals surface area contributed by atoms with Gasteiger partial charge in [0.2, 0.25) is 5.89 Å². The van der Waals surface area contributed by atoms with Crippen LogP contribution < -0.4 is 10.4 Å². The molecule has 1 heterocycles. The van der Waals surface area contributed by atoms with Crippen molar-refractivity contribution in [1.29, 1.82) is 0 Å². The van der Waals surface area contributed by atoms with Crippen molar-refractivity contribution in [3.05, 3.63) is 68.8 Å². The van der Waals surface area contributed by atoms with E-state index in [4.69, 9.17) is 32.4 Å². The van der Waals surface area contributed by atoms with Crippen LogP contribution in [0.2, 0.25) is 10.0 Å². The molecular weight excluding hydrogens is 313 g/mol. The molecule has 3 rings (SSSR count). The van der Waals surface area contributed by atoms with Crippen LogP contribution in [0.15, 0.2) is 51.7 Å². The molecule has 3 aromatic rings. The zero-order valence-corrected chi connectivity index (χ0v) is 12.2. The molecule has 0 bridgehead atoms. The van der Waals surface area contributed by atoms with E-state index in [1.54, 1.807) is 42.5 Å². The van der Waals surface area contributed by atoms with Crippen molar-refractivity contribution in [3.8, 4) is 5.75 Å². The van der Waals surface area contributed by atoms with E-state index in [1.165, 1.54) is 0 Å². The molecule has 0 aliphatic carbocycles. The third-order valence-corrected chi connectivity index (χ3v) is 3.36. The second kappa shape index (κ2) is 5.76. The fraction of sp³-hybridized carbons (Fsp3) is 0.0667. The fourth-order valence-corrected chi connectivity index (χ4v) is 2.32. The molecule has 0 radical (unpaired) electrons. The van der Waals surface area contributed by atoms with E-state index >= 15 is 0 Å². The summed E-state index contributed by atoms with van der Waals surface area (Å²) >= 11 is 11.8. The van der Waals surface area contributed by atoms with Gasteiger partial charge in [-0.15, -0.1) is 0 Å². The Morgan fingerprint density at radius 2 is 1.95 bits per heavy atom. The molecule has 2 aromatic carbocycles. The highest BCUT2D eigenvalue weighted by Crippen LogP contribution is 2.28. The Hall–Kier alpha value is -2.04. The Bertz CT molecular complexity index is 861. The molecule has 0 atom stereocenters. The molecule has 0 amide bonds. The van der Waals surface area contributed by atoms with Gasteiger partial charge in [0.25, 0.3) is 0 Å². The van der Waals surface area contributed by atoms with Gasteiger partial charge in [0, 0.05) is 5.02 Å². The van der Waals surface area contributed by atoms with Gasteiger partial charge in [0.05, 0.1) is 15.9 Å². The van der Waals surface area contributed by atoms with Crippen molar-refractivity contribution < 1.29 is 9.15 Å². The SMILES string of the molecule is O=c1oc(COc2ccc(Cl)cc2Cl)nc2ccccc12. The lowest BCUT2D eigenvalue weighted by Crippen LogP contribution is -2.07. The van der Waals surface area contributed by atoms with Crippen molar-refractivity contribution in [3.63, 3.8) is 0 Å². The number of halogens is 2. The second-order valence-corrected chi connectivity index (χ2v) is 5.12. The largest absolute Gasteiger partial charge is 0.482 e. The summed E-state index contributed by atoms with van der Waals surface area (Å²) in [7, 11) is 0. The number of ether oxygens (including phenoxy) is 1. The molecule has 6 heteroatoms. The third-order valence-electron chi connectivity index (χ3n) is 2.82. The highest BCUT2D eigenvalue weighted by atomic mass is 35.5. The van der Waals surface area contributed by atoms with Gasteiger partial charge < -0.3 is 9.15 Å². The van der Waals surface area contributed by atoms with Gasteiger partial charge >= 0.3 is 5.63 Å². The Labute approximate surface area is 129 Å². The van der Waals surface area contributed by atoms with Gasteiger partial charge in [-0.05, 0) is 30.3 Å². The summed E-state index contributed by atoms with van der Waals surface area (Å²) in [5.41, 5.74) is 0.121. The summed E-state index contributed by atoms with van der Waals surface area (Å²) in [4.78, 5) is 16.1. The molecule has 1 aromatic heterocycles. The van der Waals surface area contributed by atoms with Crippen LogP contribution in [-0.2, 0) is 6.61 Å². The molecule has 0 saturated heterocycles. The first kappa shape index (κ1) is 13.9. The van der Waals surface area contributed by atoms with E-state index in [1.807, 2.05) is 0 Å². The number of hydrogen-bond donors (Lipinski definition) is 0. The Balaban J connectivity index is 1.87.